The summed E-state index contributed by atoms with van der Waals surface area (Å²) in [5.41, 5.74) is 0.309. The summed E-state index contributed by atoms with van der Waals surface area (Å²) in [5, 5.41) is 2.55. The standard InChI is InChI=1S/C24H24F4N2O4/c25-20-4-2-1-3-16(20)15-29-22(32)33-18-9-11-23(12-10-18)13-14-30(21(23)31)17-5-7-19(8-6-17)34-24(26,27)28/h1-8,18H,9-15H2,(H,29,32)/t18-,23+. The lowest BCUT2D eigenvalue weighted by molar-refractivity contribution is -0.274. The fourth-order valence-electron chi connectivity index (χ4n) is 4.62. The molecule has 2 aliphatic rings. The Hall–Kier alpha value is -3.30. The van der Waals surface area contributed by atoms with Crippen LogP contribution < -0.4 is 15.0 Å². The Labute approximate surface area is 193 Å². The molecule has 1 saturated carbocycles. The van der Waals surface area contributed by atoms with Gasteiger partial charge < -0.3 is 19.7 Å². The highest BCUT2D eigenvalue weighted by atomic mass is 19.4. The molecule has 34 heavy (non-hydrogen) atoms. The molecule has 0 aromatic heterocycles. The zero-order valence-corrected chi connectivity index (χ0v) is 18.2. The Morgan fingerprint density at radius 2 is 1.74 bits per heavy atom. The Bertz CT molecular complexity index is 1030. The molecule has 1 N–H and O–H groups in total. The lowest BCUT2D eigenvalue weighted by Gasteiger charge is -2.35. The number of ether oxygens (including phenoxy) is 2. The van der Waals surface area contributed by atoms with Gasteiger partial charge in [-0.1, -0.05) is 18.2 Å². The molecule has 1 heterocycles. The van der Waals surface area contributed by atoms with Crippen LogP contribution in [0.1, 0.15) is 37.7 Å². The number of rotatable bonds is 5. The molecule has 182 valence electrons. The first-order valence-electron chi connectivity index (χ1n) is 11.0. The first-order valence-corrected chi connectivity index (χ1v) is 11.0. The van der Waals surface area contributed by atoms with Gasteiger partial charge in [-0.15, -0.1) is 13.2 Å². The number of carbonyl (C=O) groups is 2. The van der Waals surface area contributed by atoms with E-state index in [4.69, 9.17) is 4.74 Å². The maximum Gasteiger partial charge on any atom is 0.573 e. The lowest BCUT2D eigenvalue weighted by atomic mass is 9.72. The summed E-state index contributed by atoms with van der Waals surface area (Å²) in [6.07, 6.45) is -3.00. The second-order valence-electron chi connectivity index (χ2n) is 8.58. The number of anilines is 1. The van der Waals surface area contributed by atoms with Crippen molar-refractivity contribution in [2.24, 2.45) is 5.41 Å². The second-order valence-corrected chi connectivity index (χ2v) is 8.58. The predicted molar refractivity (Wildman–Crippen MR) is 115 cm³/mol. The van der Waals surface area contributed by atoms with Crippen LogP contribution in [-0.2, 0) is 16.1 Å². The quantitative estimate of drug-likeness (QED) is 0.589. The molecule has 1 spiro atoms. The van der Waals surface area contributed by atoms with E-state index in [1.807, 2.05) is 0 Å². The van der Waals surface area contributed by atoms with Gasteiger partial charge in [-0.2, -0.15) is 0 Å². The largest absolute Gasteiger partial charge is 0.573 e. The average molecular weight is 480 g/mol. The first kappa shape index (κ1) is 23.8. The van der Waals surface area contributed by atoms with Crippen molar-refractivity contribution < 1.29 is 36.6 Å². The fourth-order valence-corrected chi connectivity index (χ4v) is 4.62. The molecule has 1 saturated heterocycles. The van der Waals surface area contributed by atoms with Gasteiger partial charge in [0.1, 0.15) is 17.7 Å². The van der Waals surface area contributed by atoms with Gasteiger partial charge in [-0.3, -0.25) is 4.79 Å². The summed E-state index contributed by atoms with van der Waals surface area (Å²) in [6, 6.07) is 11.4. The van der Waals surface area contributed by atoms with Gasteiger partial charge in [0, 0.05) is 24.3 Å². The predicted octanol–water partition coefficient (Wildman–Crippen LogP) is 5.32. The summed E-state index contributed by atoms with van der Waals surface area (Å²) in [7, 11) is 0. The van der Waals surface area contributed by atoms with Gasteiger partial charge in [0.05, 0.1) is 5.41 Å². The number of hydrogen-bond donors (Lipinski definition) is 1. The Kier molecular flexibility index (Phi) is 6.67. The minimum atomic E-state index is -4.77. The molecule has 0 unspecified atom stereocenters. The van der Waals surface area contributed by atoms with Crippen molar-refractivity contribution in [2.75, 3.05) is 11.4 Å². The normalized spacial score (nSPS) is 22.6. The van der Waals surface area contributed by atoms with Crippen molar-refractivity contribution in [2.45, 2.75) is 51.1 Å². The molecule has 2 aromatic rings. The first-order chi connectivity index (χ1) is 16.2. The van der Waals surface area contributed by atoms with Crippen molar-refractivity contribution in [3.8, 4) is 5.75 Å². The number of alkyl carbamates (subject to hydrolysis) is 1. The van der Waals surface area contributed by atoms with Crippen LogP contribution in [-0.4, -0.2) is 31.0 Å². The maximum absolute atomic E-state index is 13.7. The molecule has 2 aromatic carbocycles. The number of benzene rings is 2. The van der Waals surface area contributed by atoms with E-state index < -0.39 is 23.7 Å². The smallest absolute Gasteiger partial charge is 0.446 e. The van der Waals surface area contributed by atoms with Gasteiger partial charge in [0.15, 0.2) is 0 Å². The van der Waals surface area contributed by atoms with Gasteiger partial charge >= 0.3 is 12.5 Å². The van der Waals surface area contributed by atoms with E-state index in [1.54, 1.807) is 23.1 Å². The monoisotopic (exact) mass is 480 g/mol. The van der Waals surface area contributed by atoms with Crippen LogP contribution in [0.3, 0.4) is 0 Å². The number of nitrogens with one attached hydrogen (secondary N) is 1. The third kappa shape index (κ3) is 5.43. The van der Waals surface area contributed by atoms with Crippen LogP contribution in [0, 0.1) is 11.2 Å². The molecule has 0 radical (unpaired) electrons. The zero-order valence-electron chi connectivity index (χ0n) is 18.2. The summed E-state index contributed by atoms with van der Waals surface area (Å²) in [4.78, 5) is 26.9. The highest BCUT2D eigenvalue weighted by molar-refractivity contribution is 6.00. The molecular weight excluding hydrogens is 456 g/mol. The summed E-state index contributed by atoms with van der Waals surface area (Å²) < 4.78 is 60.1. The van der Waals surface area contributed by atoms with Crippen LogP contribution in [0.5, 0.6) is 5.75 Å². The van der Waals surface area contributed by atoms with Crippen molar-refractivity contribution in [1.29, 1.82) is 0 Å². The SMILES string of the molecule is O=C(NCc1ccccc1F)O[C@H]1CC[C@]2(CCN(c3ccc(OC(F)(F)F)cc3)C2=O)CC1. The van der Waals surface area contributed by atoms with Crippen molar-refractivity contribution in [3.63, 3.8) is 0 Å². The van der Waals surface area contributed by atoms with Crippen molar-refractivity contribution in [3.05, 3.63) is 59.9 Å². The Morgan fingerprint density at radius 3 is 2.38 bits per heavy atom. The third-order valence-electron chi connectivity index (χ3n) is 6.44. The fraction of sp³-hybridized carbons (Fsp3) is 0.417. The van der Waals surface area contributed by atoms with E-state index in [0.717, 1.165) is 0 Å². The molecular formula is C24H24F4N2O4. The molecule has 6 nitrogen and oxygen atoms in total. The van der Waals surface area contributed by atoms with Crippen LogP contribution >= 0.6 is 0 Å². The highest BCUT2D eigenvalue weighted by Gasteiger charge is 2.49. The second kappa shape index (κ2) is 9.52. The third-order valence-corrected chi connectivity index (χ3v) is 6.44. The number of nitrogens with zero attached hydrogens (tertiary/aromatic N) is 1. The molecule has 4 rings (SSSR count). The van der Waals surface area contributed by atoms with E-state index in [1.165, 1.54) is 30.3 Å². The van der Waals surface area contributed by atoms with Crippen molar-refractivity contribution in [1.82, 2.24) is 5.32 Å². The minimum absolute atomic E-state index is 0.0163. The molecule has 2 amide bonds. The lowest BCUT2D eigenvalue weighted by Crippen LogP contribution is -2.40. The zero-order chi connectivity index (χ0) is 24.3. The number of carbonyl (C=O) groups excluding carboxylic acids is 2. The maximum atomic E-state index is 13.7. The molecule has 0 atom stereocenters. The van der Waals surface area contributed by atoms with Crippen LogP contribution in [0.15, 0.2) is 48.5 Å². The van der Waals surface area contributed by atoms with E-state index >= 15 is 0 Å². The van der Waals surface area contributed by atoms with Crippen LogP contribution in [0.4, 0.5) is 28.0 Å². The van der Waals surface area contributed by atoms with Crippen LogP contribution in [0.25, 0.3) is 0 Å². The van der Waals surface area contributed by atoms with Crippen molar-refractivity contribution >= 4 is 17.7 Å². The van der Waals surface area contributed by atoms with Gasteiger partial charge in [0.2, 0.25) is 5.91 Å². The number of alkyl halides is 3. The Morgan fingerprint density at radius 1 is 1.06 bits per heavy atom. The Balaban J connectivity index is 1.28. The highest BCUT2D eigenvalue weighted by Crippen LogP contribution is 2.46. The van der Waals surface area contributed by atoms with E-state index in [0.29, 0.717) is 49.9 Å². The van der Waals surface area contributed by atoms with Gasteiger partial charge in [-0.25, -0.2) is 9.18 Å². The number of amides is 2. The van der Waals surface area contributed by atoms with Gasteiger partial charge in [0.25, 0.3) is 0 Å². The van der Waals surface area contributed by atoms with E-state index in [-0.39, 0.29) is 24.3 Å². The molecule has 1 aliphatic carbocycles. The molecule has 0 bridgehead atoms. The molecule has 2 fully saturated rings. The summed E-state index contributed by atoms with van der Waals surface area (Å²) in [5.74, 6) is -0.822. The molecule has 1 aliphatic heterocycles. The van der Waals surface area contributed by atoms with Gasteiger partial charge in [-0.05, 0) is 62.4 Å². The molecule has 10 heteroatoms. The van der Waals surface area contributed by atoms with Crippen LogP contribution in [0.2, 0.25) is 0 Å². The summed E-state index contributed by atoms with van der Waals surface area (Å²) >= 11 is 0. The minimum Gasteiger partial charge on any atom is -0.446 e. The van der Waals surface area contributed by atoms with E-state index in [9.17, 15) is 27.2 Å². The average Bonchev–Trinajstić information content (AvgIpc) is 3.10. The number of hydrogen-bond acceptors (Lipinski definition) is 4. The topological polar surface area (TPSA) is 67.9 Å². The van der Waals surface area contributed by atoms with E-state index in [2.05, 4.69) is 10.1 Å². The summed E-state index contributed by atoms with van der Waals surface area (Å²) in [6.45, 7) is 0.482. The number of halogens is 4.